The van der Waals surface area contributed by atoms with E-state index in [1.165, 1.54) is 5.56 Å². The third-order valence-corrected chi connectivity index (χ3v) is 5.77. The maximum absolute atomic E-state index is 13.1. The minimum Gasteiger partial charge on any atom is -0.496 e. The number of nitrogens with zero attached hydrogens (tertiary/aromatic N) is 3. The number of carbonyl (C=O) groups is 1. The Hall–Kier alpha value is -3.12. The Kier molecular flexibility index (Phi) is 5.86. The van der Waals surface area contributed by atoms with Crippen LogP contribution in [-0.4, -0.2) is 61.1 Å². The van der Waals surface area contributed by atoms with E-state index in [9.17, 15) is 4.79 Å². The molecule has 0 bridgehead atoms. The Morgan fingerprint density at radius 1 is 1.00 bits per heavy atom. The highest BCUT2D eigenvalue weighted by atomic mass is 16.5. The number of benzene rings is 2. The Morgan fingerprint density at radius 2 is 1.67 bits per heavy atom. The van der Waals surface area contributed by atoms with Crippen LogP contribution in [0.1, 0.15) is 21.5 Å². The van der Waals surface area contributed by atoms with E-state index in [2.05, 4.69) is 34.1 Å². The first-order valence-corrected chi connectivity index (χ1v) is 10.2. The van der Waals surface area contributed by atoms with Crippen molar-refractivity contribution in [3.63, 3.8) is 0 Å². The normalized spacial score (nSPS) is 14.7. The van der Waals surface area contributed by atoms with Crippen molar-refractivity contribution in [3.05, 3.63) is 65.4 Å². The highest BCUT2D eigenvalue weighted by Gasteiger charge is 2.24. The molecule has 6 nitrogen and oxygen atoms in total. The van der Waals surface area contributed by atoms with Crippen molar-refractivity contribution >= 4 is 16.8 Å². The van der Waals surface area contributed by atoms with Gasteiger partial charge >= 0.3 is 0 Å². The van der Waals surface area contributed by atoms with E-state index in [1.54, 1.807) is 26.4 Å². The van der Waals surface area contributed by atoms with E-state index >= 15 is 0 Å². The lowest BCUT2D eigenvalue weighted by atomic mass is 10.1. The van der Waals surface area contributed by atoms with Gasteiger partial charge in [-0.2, -0.15) is 0 Å². The second-order valence-corrected chi connectivity index (χ2v) is 7.57. The fourth-order valence-corrected chi connectivity index (χ4v) is 4.04. The molecule has 0 aliphatic carbocycles. The molecular weight excluding hydrogens is 378 g/mol. The first-order chi connectivity index (χ1) is 14.6. The number of fused-ring (bicyclic) bond motifs is 1. The topological polar surface area (TPSA) is 54.9 Å². The average Bonchev–Trinajstić information content (AvgIpc) is 2.79. The number of carbonyl (C=O) groups excluding carboxylic acids is 1. The number of para-hydroxylation sites is 1. The number of methoxy groups -OCH3 is 2. The molecule has 1 aliphatic rings. The van der Waals surface area contributed by atoms with Crippen molar-refractivity contribution in [2.24, 2.45) is 0 Å². The number of hydrogen-bond acceptors (Lipinski definition) is 5. The van der Waals surface area contributed by atoms with E-state index in [4.69, 9.17) is 9.47 Å². The van der Waals surface area contributed by atoms with Crippen molar-refractivity contribution in [2.45, 2.75) is 13.5 Å². The summed E-state index contributed by atoms with van der Waals surface area (Å²) < 4.78 is 10.8. The number of amides is 1. The van der Waals surface area contributed by atoms with E-state index in [0.717, 1.165) is 36.1 Å². The summed E-state index contributed by atoms with van der Waals surface area (Å²) in [7, 11) is 3.22. The molecule has 156 valence electrons. The van der Waals surface area contributed by atoms with Gasteiger partial charge in [0.05, 0.1) is 19.7 Å². The molecule has 3 aromatic rings. The molecule has 2 heterocycles. The van der Waals surface area contributed by atoms with Crippen LogP contribution in [0, 0.1) is 6.92 Å². The molecule has 0 unspecified atom stereocenters. The lowest BCUT2D eigenvalue weighted by Crippen LogP contribution is -2.48. The zero-order valence-electron chi connectivity index (χ0n) is 17.7. The monoisotopic (exact) mass is 405 g/mol. The number of pyridine rings is 1. The van der Waals surface area contributed by atoms with Crippen LogP contribution in [0.3, 0.4) is 0 Å². The second-order valence-electron chi connectivity index (χ2n) is 7.57. The van der Waals surface area contributed by atoms with Gasteiger partial charge < -0.3 is 14.4 Å². The number of hydrogen-bond donors (Lipinski definition) is 0. The molecule has 1 amide bonds. The van der Waals surface area contributed by atoms with Crippen molar-refractivity contribution < 1.29 is 14.3 Å². The third kappa shape index (κ3) is 3.96. The predicted molar refractivity (Wildman–Crippen MR) is 117 cm³/mol. The van der Waals surface area contributed by atoms with E-state index < -0.39 is 0 Å². The summed E-state index contributed by atoms with van der Waals surface area (Å²) in [6, 6.07) is 14.0. The highest BCUT2D eigenvalue weighted by Crippen LogP contribution is 2.30. The van der Waals surface area contributed by atoms with E-state index in [1.807, 2.05) is 24.1 Å². The van der Waals surface area contributed by atoms with Gasteiger partial charge in [0.1, 0.15) is 11.5 Å². The Bertz CT molecular complexity index is 1030. The molecule has 4 rings (SSSR count). The van der Waals surface area contributed by atoms with Crippen LogP contribution in [0.15, 0.2) is 48.7 Å². The van der Waals surface area contributed by atoms with Crippen LogP contribution < -0.4 is 9.47 Å². The van der Waals surface area contributed by atoms with Gasteiger partial charge in [-0.15, -0.1) is 0 Å². The SMILES string of the molecule is COc1cc(C(=O)N2CCN(Cc3cccc4cccnc34)CC2)cc(OC)c1C. The lowest BCUT2D eigenvalue weighted by molar-refractivity contribution is 0.0628. The summed E-state index contributed by atoms with van der Waals surface area (Å²) in [5.41, 5.74) is 3.77. The highest BCUT2D eigenvalue weighted by molar-refractivity contribution is 5.95. The molecule has 1 fully saturated rings. The molecule has 30 heavy (non-hydrogen) atoms. The quantitative estimate of drug-likeness (QED) is 0.650. The zero-order valence-corrected chi connectivity index (χ0v) is 17.7. The maximum Gasteiger partial charge on any atom is 0.254 e. The van der Waals surface area contributed by atoms with Gasteiger partial charge in [0.25, 0.3) is 5.91 Å². The molecule has 0 saturated carbocycles. The molecule has 0 N–H and O–H groups in total. The predicted octanol–water partition coefficient (Wildman–Crippen LogP) is 3.52. The zero-order chi connectivity index (χ0) is 21.1. The van der Waals surface area contributed by atoms with Crippen LogP contribution in [-0.2, 0) is 6.54 Å². The van der Waals surface area contributed by atoms with Crippen molar-refractivity contribution in [1.29, 1.82) is 0 Å². The van der Waals surface area contributed by atoms with Crippen molar-refractivity contribution in [1.82, 2.24) is 14.8 Å². The molecule has 0 radical (unpaired) electrons. The molecule has 2 aromatic carbocycles. The van der Waals surface area contributed by atoms with Gasteiger partial charge in [0, 0.05) is 55.4 Å². The van der Waals surface area contributed by atoms with Gasteiger partial charge in [0.2, 0.25) is 0 Å². The molecule has 6 heteroatoms. The molecule has 1 aromatic heterocycles. The minimum atomic E-state index is 0.0121. The third-order valence-electron chi connectivity index (χ3n) is 5.77. The second kappa shape index (κ2) is 8.71. The number of aromatic nitrogens is 1. The summed E-state index contributed by atoms with van der Waals surface area (Å²) in [4.78, 5) is 21.9. The van der Waals surface area contributed by atoms with Crippen LogP contribution >= 0.6 is 0 Å². The molecule has 0 atom stereocenters. The molecular formula is C24H27N3O3. The Balaban J connectivity index is 1.44. The van der Waals surface area contributed by atoms with Crippen molar-refractivity contribution in [3.8, 4) is 11.5 Å². The van der Waals surface area contributed by atoms with Gasteiger partial charge in [-0.1, -0.05) is 24.3 Å². The Labute approximate surface area is 177 Å². The number of rotatable bonds is 5. The standard InChI is InChI=1S/C24H27N3O3/c1-17-21(29-2)14-20(15-22(17)30-3)24(28)27-12-10-26(11-13-27)16-19-7-4-6-18-8-5-9-25-23(18)19/h4-9,14-15H,10-13,16H2,1-3H3. The van der Waals surface area contributed by atoms with Gasteiger partial charge in [-0.25, -0.2) is 0 Å². The maximum atomic E-state index is 13.1. The number of piperazine rings is 1. The summed E-state index contributed by atoms with van der Waals surface area (Å²) in [6.07, 6.45) is 1.84. The summed E-state index contributed by atoms with van der Waals surface area (Å²) in [5.74, 6) is 1.35. The van der Waals surface area contributed by atoms with Gasteiger partial charge in [-0.05, 0) is 30.7 Å². The average molecular weight is 405 g/mol. The fraction of sp³-hybridized carbons (Fsp3) is 0.333. The van der Waals surface area contributed by atoms with E-state index in [-0.39, 0.29) is 5.91 Å². The van der Waals surface area contributed by atoms with E-state index in [0.29, 0.717) is 30.2 Å². The summed E-state index contributed by atoms with van der Waals surface area (Å²) in [5, 5.41) is 1.16. The van der Waals surface area contributed by atoms with Gasteiger partial charge in [0.15, 0.2) is 0 Å². The van der Waals surface area contributed by atoms with Crippen LogP contribution in [0.2, 0.25) is 0 Å². The lowest BCUT2D eigenvalue weighted by Gasteiger charge is -2.35. The first kappa shape index (κ1) is 20.2. The smallest absolute Gasteiger partial charge is 0.254 e. The summed E-state index contributed by atoms with van der Waals surface area (Å²) >= 11 is 0. The summed E-state index contributed by atoms with van der Waals surface area (Å²) in [6.45, 7) is 5.80. The largest absolute Gasteiger partial charge is 0.496 e. The Morgan fingerprint density at radius 3 is 2.33 bits per heavy atom. The van der Waals surface area contributed by atoms with Crippen LogP contribution in [0.4, 0.5) is 0 Å². The number of ether oxygens (including phenoxy) is 2. The molecule has 0 spiro atoms. The fourth-order valence-electron chi connectivity index (χ4n) is 4.04. The molecule has 1 aliphatic heterocycles. The molecule has 1 saturated heterocycles. The van der Waals surface area contributed by atoms with Gasteiger partial charge in [-0.3, -0.25) is 14.7 Å². The van der Waals surface area contributed by atoms with Crippen LogP contribution in [0.25, 0.3) is 10.9 Å². The van der Waals surface area contributed by atoms with Crippen molar-refractivity contribution in [2.75, 3.05) is 40.4 Å². The minimum absolute atomic E-state index is 0.0121. The van der Waals surface area contributed by atoms with Crippen LogP contribution in [0.5, 0.6) is 11.5 Å². The first-order valence-electron chi connectivity index (χ1n) is 10.2.